The summed E-state index contributed by atoms with van der Waals surface area (Å²) in [7, 11) is 0. The average molecular weight is 627 g/mol. The molecule has 0 spiro atoms. The molecule has 0 bridgehead atoms. The third-order valence-electron chi connectivity index (χ3n) is 6.45. The maximum Gasteiger partial charge on any atom is 0.322 e. The molecule has 0 aromatic heterocycles. The molecule has 0 atom stereocenters. The van der Waals surface area contributed by atoms with E-state index in [0.717, 1.165) is 41.6 Å². The van der Waals surface area contributed by atoms with Gasteiger partial charge in [-0.05, 0) is 60.2 Å². The smallest absolute Gasteiger partial charge is 0.322 e. The second-order valence-corrected chi connectivity index (χ2v) is 9.67. The monoisotopic (exact) mass is 626 g/mol. The molecule has 0 saturated heterocycles. The summed E-state index contributed by atoms with van der Waals surface area (Å²) >= 11 is 0. The Bertz CT molecular complexity index is 1900. The zero-order chi connectivity index (χ0) is 33.5. The first-order chi connectivity index (χ1) is 21.8. The highest BCUT2D eigenvalue weighted by Gasteiger charge is 2.23. The van der Waals surface area contributed by atoms with Gasteiger partial charge in [-0.25, -0.2) is 0 Å². The molecule has 0 radical (unpaired) electrons. The van der Waals surface area contributed by atoms with Gasteiger partial charge in [0.15, 0.2) is 11.6 Å². The van der Waals surface area contributed by atoms with Crippen LogP contribution in [0.15, 0.2) is 84.9 Å². The topological polar surface area (TPSA) is 239 Å². The number of hydrogen-bond donors (Lipinski definition) is 3. The number of carbonyl (C=O) groups excluding carboxylic acids is 4. The van der Waals surface area contributed by atoms with Crippen molar-refractivity contribution in [2.24, 2.45) is 0 Å². The Morgan fingerprint density at radius 3 is 1.89 bits per heavy atom. The van der Waals surface area contributed by atoms with Crippen LogP contribution in [0.3, 0.4) is 0 Å². The number of carbonyl (C=O) groups is 5. The second kappa shape index (κ2) is 13.7. The molecule has 46 heavy (non-hydrogen) atoms. The molecular weight excluding hydrogens is 604 g/mol. The van der Waals surface area contributed by atoms with E-state index < -0.39 is 45.4 Å². The first-order valence-corrected chi connectivity index (χ1v) is 13.2. The Kier molecular flexibility index (Phi) is 9.56. The van der Waals surface area contributed by atoms with Gasteiger partial charge in [0.05, 0.1) is 16.3 Å². The lowest BCUT2D eigenvalue weighted by atomic mass is 10.0. The van der Waals surface area contributed by atoms with Gasteiger partial charge in [0, 0.05) is 51.8 Å². The van der Waals surface area contributed by atoms with Crippen molar-refractivity contribution in [1.82, 2.24) is 0 Å². The highest BCUT2D eigenvalue weighted by Crippen LogP contribution is 2.30. The molecule has 232 valence electrons. The number of carboxylic acids is 1. The van der Waals surface area contributed by atoms with Crippen molar-refractivity contribution in [2.75, 3.05) is 11.1 Å². The molecular formula is C31H22N4O11. The van der Waals surface area contributed by atoms with Crippen LogP contribution in [0.4, 0.5) is 22.7 Å². The number of esters is 1. The van der Waals surface area contributed by atoms with E-state index in [1.807, 2.05) is 6.07 Å². The molecule has 5 rings (SSSR count). The third kappa shape index (κ3) is 7.78. The highest BCUT2D eigenvalue weighted by molar-refractivity contribution is 6.11. The van der Waals surface area contributed by atoms with E-state index in [9.17, 15) is 44.2 Å². The number of nitro benzene ring substituents is 2. The van der Waals surface area contributed by atoms with Gasteiger partial charge in [-0.1, -0.05) is 12.1 Å². The van der Waals surface area contributed by atoms with Gasteiger partial charge in [-0.15, -0.1) is 0 Å². The number of ketones is 2. The van der Waals surface area contributed by atoms with Crippen LogP contribution in [-0.4, -0.2) is 44.4 Å². The number of carboxylic acid groups (broad SMARTS) is 1. The number of nitrogen functional groups attached to an aromatic ring is 1. The lowest BCUT2D eigenvalue weighted by Crippen LogP contribution is -2.14. The molecule has 15 nitrogen and oxygen atoms in total. The summed E-state index contributed by atoms with van der Waals surface area (Å²) < 4.78 is 4.65. The number of non-ortho nitro benzene ring substituents is 1. The molecule has 1 amide bonds. The van der Waals surface area contributed by atoms with Crippen LogP contribution < -0.4 is 15.8 Å². The van der Waals surface area contributed by atoms with Crippen molar-refractivity contribution in [3.8, 4) is 5.75 Å². The molecule has 0 aliphatic carbocycles. The lowest BCUT2D eigenvalue weighted by Gasteiger charge is -2.06. The molecule has 4 aromatic carbocycles. The van der Waals surface area contributed by atoms with Crippen LogP contribution in [0, 0.1) is 20.2 Å². The number of nitrogens with two attached hydrogens (primary N) is 1. The van der Waals surface area contributed by atoms with Crippen LogP contribution in [0.5, 0.6) is 5.75 Å². The summed E-state index contributed by atoms with van der Waals surface area (Å²) in [5.41, 5.74) is 8.03. The Hall–Kier alpha value is -6.77. The highest BCUT2D eigenvalue weighted by atomic mass is 16.6. The Labute approximate surface area is 258 Å². The number of rotatable bonds is 9. The van der Waals surface area contributed by atoms with Crippen molar-refractivity contribution in [1.29, 1.82) is 0 Å². The number of anilines is 2. The number of hydrogen-bond acceptors (Lipinski definition) is 11. The molecule has 4 N–H and O–H groups in total. The summed E-state index contributed by atoms with van der Waals surface area (Å²) in [6.45, 7) is 0. The minimum absolute atomic E-state index is 0.0351. The van der Waals surface area contributed by atoms with E-state index in [1.54, 1.807) is 36.4 Å². The van der Waals surface area contributed by atoms with Gasteiger partial charge >= 0.3 is 17.6 Å². The molecule has 4 aromatic rings. The molecule has 15 heteroatoms. The van der Waals surface area contributed by atoms with E-state index in [0.29, 0.717) is 23.2 Å². The van der Waals surface area contributed by atoms with E-state index in [4.69, 9.17) is 10.8 Å². The number of amides is 1. The summed E-state index contributed by atoms with van der Waals surface area (Å²) in [5.74, 6) is -3.94. The van der Waals surface area contributed by atoms with Crippen molar-refractivity contribution >= 4 is 52.2 Å². The summed E-state index contributed by atoms with van der Waals surface area (Å²) in [6.07, 6.45) is -0.605. The number of aliphatic carboxylic acids is 1. The van der Waals surface area contributed by atoms with Crippen LogP contribution >= 0.6 is 0 Å². The van der Waals surface area contributed by atoms with Gasteiger partial charge in [-0.3, -0.25) is 44.2 Å². The fraction of sp³-hybridized carbons (Fsp3) is 0.0645. The van der Waals surface area contributed by atoms with Crippen molar-refractivity contribution in [2.45, 2.75) is 12.8 Å². The number of nitrogens with zero attached hydrogens (tertiary/aromatic N) is 2. The minimum Gasteiger partial charge on any atom is -0.481 e. The van der Waals surface area contributed by atoms with Gasteiger partial charge in [-0.2, -0.15) is 0 Å². The van der Waals surface area contributed by atoms with E-state index in [-0.39, 0.29) is 28.5 Å². The van der Waals surface area contributed by atoms with Gasteiger partial charge in [0.2, 0.25) is 11.7 Å². The predicted octanol–water partition coefficient (Wildman–Crippen LogP) is 4.11. The Morgan fingerprint density at radius 1 is 0.783 bits per heavy atom. The van der Waals surface area contributed by atoms with Crippen molar-refractivity contribution in [3.63, 3.8) is 0 Å². The largest absolute Gasteiger partial charge is 0.481 e. The first-order valence-electron chi connectivity index (χ1n) is 13.2. The SMILES string of the molecule is Nc1ccc(C(=O)c2ccc3c(c2)NC(=O)C3)cc1.O=C(O)CC(=O)Oc1ccc(C(=O)c2ccc([N+](=O)[O-])cc2)cc1[N+](=O)[O-]. The van der Waals surface area contributed by atoms with E-state index >= 15 is 0 Å². The first kappa shape index (κ1) is 32.2. The van der Waals surface area contributed by atoms with Crippen molar-refractivity contribution in [3.05, 3.63) is 133 Å². The normalized spacial score (nSPS) is 11.3. The van der Waals surface area contributed by atoms with Crippen LogP contribution in [0.2, 0.25) is 0 Å². The Balaban J connectivity index is 0.000000221. The number of nitrogens with one attached hydrogen (secondary N) is 1. The zero-order valence-corrected chi connectivity index (χ0v) is 23.5. The van der Waals surface area contributed by atoms with Gasteiger partial charge in [0.1, 0.15) is 6.42 Å². The average Bonchev–Trinajstić information content (AvgIpc) is 3.40. The summed E-state index contributed by atoms with van der Waals surface area (Å²) in [6, 6.07) is 19.7. The Morgan fingerprint density at radius 2 is 1.33 bits per heavy atom. The summed E-state index contributed by atoms with van der Waals surface area (Å²) in [5, 5.41) is 33.1. The lowest BCUT2D eigenvalue weighted by molar-refractivity contribution is -0.385. The number of benzene rings is 4. The predicted molar refractivity (Wildman–Crippen MR) is 161 cm³/mol. The maximum atomic E-state index is 12.4. The van der Waals surface area contributed by atoms with Gasteiger partial charge < -0.3 is 20.9 Å². The minimum atomic E-state index is -1.47. The van der Waals surface area contributed by atoms with Crippen LogP contribution in [-0.2, 0) is 20.8 Å². The van der Waals surface area contributed by atoms with E-state index in [2.05, 4.69) is 10.1 Å². The van der Waals surface area contributed by atoms with Crippen molar-refractivity contribution < 1.29 is 43.7 Å². The fourth-order valence-electron chi connectivity index (χ4n) is 4.23. The number of fused-ring (bicyclic) bond motifs is 1. The zero-order valence-electron chi connectivity index (χ0n) is 23.5. The number of ether oxygens (including phenoxy) is 1. The van der Waals surface area contributed by atoms with Gasteiger partial charge in [0.25, 0.3) is 5.69 Å². The van der Waals surface area contributed by atoms with Crippen LogP contribution in [0.1, 0.15) is 43.8 Å². The quantitative estimate of drug-likeness (QED) is 0.0452. The van der Waals surface area contributed by atoms with Crippen LogP contribution in [0.25, 0.3) is 0 Å². The second-order valence-electron chi connectivity index (χ2n) is 9.67. The maximum absolute atomic E-state index is 12.4. The molecule has 0 saturated carbocycles. The molecule has 1 heterocycles. The molecule has 1 aliphatic rings. The molecule has 1 aliphatic heterocycles. The standard InChI is InChI=1S/C16H10N2O9.C15H12N2O2/c19-14(20)8-15(21)27-13-6-3-10(7-12(13)18(25)26)16(22)9-1-4-11(5-2-9)17(23)24;16-12-5-3-9(4-6-12)15(19)11-2-1-10-8-14(18)17-13(10)7-11/h1-7H,8H2,(H,19,20);1-7H,8,16H2,(H,17,18). The number of nitro groups is 2. The molecule has 0 unspecified atom stereocenters. The fourth-order valence-corrected chi connectivity index (χ4v) is 4.23. The summed E-state index contributed by atoms with van der Waals surface area (Å²) in [4.78, 5) is 78.1. The third-order valence-corrected chi connectivity index (χ3v) is 6.45. The molecule has 0 fully saturated rings. The van der Waals surface area contributed by atoms with E-state index in [1.165, 1.54) is 12.1 Å².